The molecular weight excluding hydrogens is 308 g/mol. The minimum Gasteiger partial charge on any atom is -0.334 e. The maximum atomic E-state index is 12.9. The van der Waals surface area contributed by atoms with Crippen LogP contribution in [0.1, 0.15) is 16.8 Å². The van der Waals surface area contributed by atoms with E-state index in [0.29, 0.717) is 22.6 Å². The fraction of sp³-hybridized carbons (Fsp3) is 0.353. The normalized spacial score (nSPS) is 22.6. The van der Waals surface area contributed by atoms with Crippen LogP contribution in [0.5, 0.6) is 0 Å². The smallest absolute Gasteiger partial charge is 0.325 e. The lowest BCUT2D eigenvalue weighted by molar-refractivity contribution is 0.0737. The Kier molecular flexibility index (Phi) is 3.57. The molecule has 2 aromatic rings. The zero-order chi connectivity index (χ0) is 16.7. The van der Waals surface area contributed by atoms with Crippen molar-refractivity contribution >= 4 is 5.91 Å². The van der Waals surface area contributed by atoms with Gasteiger partial charge in [-0.05, 0) is 30.0 Å². The number of likely N-dealkylation sites (tertiary alicyclic amines) is 1. The molecule has 2 atom stereocenters. The minimum atomic E-state index is -0.548. The zero-order valence-electron chi connectivity index (χ0n) is 13.0. The molecule has 124 valence electrons. The number of rotatable bonds is 2. The Morgan fingerprint density at radius 3 is 2.92 bits per heavy atom. The Hall–Kier alpha value is -2.67. The summed E-state index contributed by atoms with van der Waals surface area (Å²) in [6, 6.07) is 7.25. The molecule has 1 aromatic carbocycles. The van der Waals surface area contributed by atoms with Crippen molar-refractivity contribution < 1.29 is 4.79 Å². The molecule has 24 heavy (non-hydrogen) atoms. The summed E-state index contributed by atoms with van der Waals surface area (Å²) in [4.78, 5) is 42.6. The Morgan fingerprint density at radius 1 is 1.21 bits per heavy atom. The predicted molar refractivity (Wildman–Crippen MR) is 88.9 cm³/mol. The second-order valence-electron chi connectivity index (χ2n) is 6.34. The fourth-order valence-electron chi connectivity index (χ4n) is 3.71. The number of fused-ring (bicyclic) bond motifs is 1. The first-order valence-corrected chi connectivity index (χ1v) is 8.07. The highest BCUT2D eigenvalue weighted by Crippen LogP contribution is 2.29. The highest BCUT2D eigenvalue weighted by atomic mass is 16.2. The van der Waals surface area contributed by atoms with Crippen molar-refractivity contribution in [2.24, 2.45) is 5.92 Å². The van der Waals surface area contributed by atoms with Crippen molar-refractivity contribution in [3.05, 3.63) is 56.9 Å². The van der Waals surface area contributed by atoms with Gasteiger partial charge in [0.15, 0.2) is 0 Å². The minimum absolute atomic E-state index is 0.00565. The molecule has 0 unspecified atom stereocenters. The largest absolute Gasteiger partial charge is 0.334 e. The van der Waals surface area contributed by atoms with E-state index in [9.17, 15) is 14.4 Å². The first-order chi connectivity index (χ1) is 11.6. The van der Waals surface area contributed by atoms with E-state index < -0.39 is 11.2 Å². The molecule has 2 fully saturated rings. The number of nitrogens with zero attached hydrogens (tertiary/aromatic N) is 1. The van der Waals surface area contributed by atoms with Gasteiger partial charge in [-0.2, -0.15) is 0 Å². The number of aromatic amines is 2. The van der Waals surface area contributed by atoms with Gasteiger partial charge in [-0.25, -0.2) is 4.79 Å². The van der Waals surface area contributed by atoms with Gasteiger partial charge in [0.25, 0.3) is 11.5 Å². The average molecular weight is 326 g/mol. The van der Waals surface area contributed by atoms with Crippen molar-refractivity contribution in [2.75, 3.05) is 19.6 Å². The lowest BCUT2D eigenvalue weighted by Gasteiger charge is -2.23. The summed E-state index contributed by atoms with van der Waals surface area (Å²) in [6.07, 6.45) is 2.40. The summed E-state index contributed by atoms with van der Waals surface area (Å²) in [7, 11) is 0. The van der Waals surface area contributed by atoms with Crippen LogP contribution in [-0.2, 0) is 0 Å². The molecular formula is C17H18N4O3. The molecule has 0 bridgehead atoms. The molecule has 0 spiro atoms. The molecule has 2 aliphatic heterocycles. The van der Waals surface area contributed by atoms with Crippen LogP contribution >= 0.6 is 0 Å². The highest BCUT2D eigenvalue weighted by molar-refractivity contribution is 5.96. The maximum absolute atomic E-state index is 12.9. The van der Waals surface area contributed by atoms with Crippen molar-refractivity contribution in [1.29, 1.82) is 0 Å². The highest BCUT2D eigenvalue weighted by Gasteiger charge is 2.40. The molecule has 7 heteroatoms. The summed E-state index contributed by atoms with van der Waals surface area (Å²) in [6.45, 7) is 2.59. The van der Waals surface area contributed by atoms with E-state index in [-0.39, 0.29) is 11.9 Å². The maximum Gasteiger partial charge on any atom is 0.325 e. The molecule has 1 aromatic heterocycles. The quantitative estimate of drug-likeness (QED) is 0.732. The summed E-state index contributed by atoms with van der Waals surface area (Å²) in [5.41, 5.74) is 0.493. The number of nitrogens with one attached hydrogen (secondary N) is 3. The van der Waals surface area contributed by atoms with Gasteiger partial charge < -0.3 is 15.2 Å². The SMILES string of the molecule is O=C(c1cccc(-c2c[nH]c(=O)[nH]c2=O)c1)N1CC[C@H]2CNC[C@H]21. The third-order valence-corrected chi connectivity index (χ3v) is 4.95. The second kappa shape index (κ2) is 5.76. The number of aromatic nitrogens is 2. The van der Waals surface area contributed by atoms with Crippen LogP contribution in [-0.4, -0.2) is 46.5 Å². The summed E-state index contributed by atoms with van der Waals surface area (Å²) in [5.74, 6) is 0.535. The van der Waals surface area contributed by atoms with Gasteiger partial charge in [0.1, 0.15) is 0 Å². The lowest BCUT2D eigenvalue weighted by atomic mass is 10.0. The van der Waals surface area contributed by atoms with E-state index in [1.165, 1.54) is 6.20 Å². The van der Waals surface area contributed by atoms with Crippen LogP contribution in [0.3, 0.4) is 0 Å². The average Bonchev–Trinajstić information content (AvgIpc) is 3.17. The Morgan fingerprint density at radius 2 is 2.08 bits per heavy atom. The van der Waals surface area contributed by atoms with Gasteiger partial charge in [-0.15, -0.1) is 0 Å². The molecule has 0 radical (unpaired) electrons. The lowest BCUT2D eigenvalue weighted by Crippen LogP contribution is -2.39. The van der Waals surface area contributed by atoms with Crippen molar-refractivity contribution in [3.63, 3.8) is 0 Å². The van der Waals surface area contributed by atoms with Crippen molar-refractivity contribution in [2.45, 2.75) is 12.5 Å². The van der Waals surface area contributed by atoms with E-state index in [1.54, 1.807) is 24.3 Å². The van der Waals surface area contributed by atoms with Crippen molar-refractivity contribution in [1.82, 2.24) is 20.2 Å². The molecule has 2 aliphatic rings. The van der Waals surface area contributed by atoms with Crippen LogP contribution in [0.4, 0.5) is 0 Å². The number of benzene rings is 1. The van der Waals surface area contributed by atoms with E-state index in [2.05, 4.69) is 15.3 Å². The van der Waals surface area contributed by atoms with Crippen LogP contribution in [0, 0.1) is 5.92 Å². The van der Waals surface area contributed by atoms with Gasteiger partial charge in [-0.1, -0.05) is 12.1 Å². The molecule has 3 heterocycles. The van der Waals surface area contributed by atoms with Crippen LogP contribution in [0.15, 0.2) is 40.1 Å². The zero-order valence-corrected chi connectivity index (χ0v) is 13.0. The van der Waals surface area contributed by atoms with Gasteiger partial charge in [0.2, 0.25) is 0 Å². The number of carbonyl (C=O) groups is 1. The van der Waals surface area contributed by atoms with Gasteiger partial charge >= 0.3 is 5.69 Å². The molecule has 1 amide bonds. The summed E-state index contributed by atoms with van der Waals surface area (Å²) >= 11 is 0. The number of hydrogen-bond donors (Lipinski definition) is 3. The molecule has 7 nitrogen and oxygen atoms in total. The summed E-state index contributed by atoms with van der Waals surface area (Å²) < 4.78 is 0. The van der Waals surface area contributed by atoms with E-state index in [4.69, 9.17) is 0 Å². The number of carbonyl (C=O) groups excluding carboxylic acids is 1. The molecule has 4 rings (SSSR count). The van der Waals surface area contributed by atoms with Gasteiger partial charge in [0, 0.05) is 37.4 Å². The van der Waals surface area contributed by atoms with Crippen LogP contribution in [0.25, 0.3) is 11.1 Å². The molecule has 0 aliphatic carbocycles. The number of H-pyrrole nitrogens is 2. The second-order valence-corrected chi connectivity index (χ2v) is 6.34. The van der Waals surface area contributed by atoms with Crippen LogP contribution < -0.4 is 16.6 Å². The van der Waals surface area contributed by atoms with Gasteiger partial charge in [0.05, 0.1) is 5.56 Å². The fourth-order valence-corrected chi connectivity index (χ4v) is 3.71. The third kappa shape index (κ3) is 2.46. The topological polar surface area (TPSA) is 98.1 Å². The number of amides is 1. The Bertz CT molecular complexity index is 901. The molecule has 0 saturated carbocycles. The first kappa shape index (κ1) is 14.9. The first-order valence-electron chi connectivity index (χ1n) is 8.07. The molecule has 3 N–H and O–H groups in total. The standard InChI is InChI=1S/C17H18N4O3/c22-15-13(8-19-17(24)20-15)10-2-1-3-11(6-10)16(23)21-5-4-12-7-18-9-14(12)21/h1-3,6,8,12,14,18H,4-5,7,9H2,(H2,19,20,22,24)/t12-,14+/m0/s1. The van der Waals surface area contributed by atoms with Crippen molar-refractivity contribution in [3.8, 4) is 11.1 Å². The Labute approximate surface area is 137 Å². The summed E-state index contributed by atoms with van der Waals surface area (Å²) in [5, 5.41) is 3.34. The van der Waals surface area contributed by atoms with Crippen LogP contribution in [0.2, 0.25) is 0 Å². The monoisotopic (exact) mass is 326 g/mol. The van der Waals surface area contributed by atoms with E-state index in [0.717, 1.165) is 26.1 Å². The Balaban J connectivity index is 1.66. The van der Waals surface area contributed by atoms with E-state index in [1.807, 2.05) is 4.90 Å². The predicted octanol–water partition coefficient (Wildman–Crippen LogP) is 0.164. The number of hydrogen-bond acceptors (Lipinski definition) is 4. The van der Waals surface area contributed by atoms with E-state index >= 15 is 0 Å². The third-order valence-electron chi connectivity index (χ3n) is 4.95. The molecule has 2 saturated heterocycles. The van der Waals surface area contributed by atoms with Gasteiger partial charge in [-0.3, -0.25) is 14.6 Å².